The summed E-state index contributed by atoms with van der Waals surface area (Å²) in [5.74, 6) is -0.349. The number of phenolic OH excluding ortho intramolecular Hbond substituents is 2. The highest BCUT2D eigenvalue weighted by Crippen LogP contribution is 2.35. The third kappa shape index (κ3) is 1.78. The lowest BCUT2D eigenvalue weighted by Crippen LogP contribution is -2.27. The second-order valence-electron chi connectivity index (χ2n) is 4.04. The second-order valence-corrected chi connectivity index (χ2v) is 4.04. The van der Waals surface area contributed by atoms with Crippen molar-refractivity contribution in [3.05, 3.63) is 23.3 Å². The number of nitrogens with two attached hydrogens (primary N) is 1. The number of aliphatic hydroxyl groups excluding tert-OH is 1. The molecule has 0 aliphatic heterocycles. The second kappa shape index (κ2) is 3.72. The summed E-state index contributed by atoms with van der Waals surface area (Å²) in [5.41, 5.74) is 7.29. The highest BCUT2D eigenvalue weighted by Gasteiger charge is 2.24. The number of phenols is 2. The first-order valence-electron chi connectivity index (χ1n) is 5.08. The average molecular weight is 209 g/mol. The molecule has 4 nitrogen and oxygen atoms in total. The van der Waals surface area contributed by atoms with Crippen molar-refractivity contribution in [2.24, 2.45) is 5.73 Å². The Balaban J connectivity index is 2.49. The van der Waals surface area contributed by atoms with E-state index in [1.165, 1.54) is 12.1 Å². The van der Waals surface area contributed by atoms with Crippen LogP contribution in [0.3, 0.4) is 0 Å². The first kappa shape index (κ1) is 10.3. The molecule has 0 saturated carbocycles. The largest absolute Gasteiger partial charge is 0.504 e. The highest BCUT2D eigenvalue weighted by atomic mass is 16.3. The fourth-order valence-corrected chi connectivity index (χ4v) is 2.04. The third-order valence-electron chi connectivity index (χ3n) is 2.94. The Kier molecular flexibility index (Phi) is 2.54. The standard InChI is InChI=1S/C11H15NO3/c12-8-3-1-2-6-4-9(13)10(14)5-7(6)11(8)15/h4-5,8,11,13-15H,1-3,12H2/t8-,11+/m0/s1. The summed E-state index contributed by atoms with van der Waals surface area (Å²) in [5, 5.41) is 28.6. The molecule has 2 rings (SSSR count). The quantitative estimate of drug-likeness (QED) is 0.376. The van der Waals surface area contributed by atoms with Gasteiger partial charge >= 0.3 is 0 Å². The monoisotopic (exact) mass is 209 g/mol. The summed E-state index contributed by atoms with van der Waals surface area (Å²) in [6, 6.07) is 2.61. The lowest BCUT2D eigenvalue weighted by Gasteiger charge is -2.17. The van der Waals surface area contributed by atoms with Gasteiger partial charge in [0.2, 0.25) is 0 Å². The lowest BCUT2D eigenvalue weighted by molar-refractivity contribution is 0.144. The van der Waals surface area contributed by atoms with E-state index in [2.05, 4.69) is 0 Å². The van der Waals surface area contributed by atoms with Gasteiger partial charge in [0.25, 0.3) is 0 Å². The Bertz CT molecular complexity index is 378. The van der Waals surface area contributed by atoms with Crippen LogP contribution in [0, 0.1) is 0 Å². The van der Waals surface area contributed by atoms with Crippen molar-refractivity contribution in [2.45, 2.75) is 31.4 Å². The van der Waals surface area contributed by atoms with Gasteiger partial charge < -0.3 is 21.1 Å². The van der Waals surface area contributed by atoms with Crippen molar-refractivity contribution in [1.82, 2.24) is 0 Å². The van der Waals surface area contributed by atoms with Crippen molar-refractivity contribution < 1.29 is 15.3 Å². The number of aryl methyl sites for hydroxylation is 1. The number of hydrogen-bond donors (Lipinski definition) is 4. The zero-order valence-electron chi connectivity index (χ0n) is 8.35. The van der Waals surface area contributed by atoms with Crippen molar-refractivity contribution >= 4 is 0 Å². The third-order valence-corrected chi connectivity index (χ3v) is 2.94. The molecule has 0 saturated heterocycles. The normalized spacial score (nSPS) is 25.7. The molecule has 0 unspecified atom stereocenters. The number of hydrogen-bond acceptors (Lipinski definition) is 4. The van der Waals surface area contributed by atoms with Gasteiger partial charge in [-0.1, -0.05) is 0 Å². The Morgan fingerprint density at radius 2 is 1.87 bits per heavy atom. The van der Waals surface area contributed by atoms with E-state index in [1.807, 2.05) is 0 Å². The number of benzene rings is 1. The molecular formula is C11H15NO3. The Morgan fingerprint density at radius 3 is 2.60 bits per heavy atom. The van der Waals surface area contributed by atoms with Gasteiger partial charge in [-0.2, -0.15) is 0 Å². The van der Waals surface area contributed by atoms with Crippen LogP contribution in [0.2, 0.25) is 0 Å². The molecular weight excluding hydrogens is 194 g/mol. The van der Waals surface area contributed by atoms with Gasteiger partial charge in [-0.3, -0.25) is 0 Å². The van der Waals surface area contributed by atoms with Crippen molar-refractivity contribution in [2.75, 3.05) is 0 Å². The molecule has 0 aromatic heterocycles. The van der Waals surface area contributed by atoms with E-state index in [9.17, 15) is 15.3 Å². The van der Waals surface area contributed by atoms with Crippen LogP contribution in [0.4, 0.5) is 0 Å². The molecule has 0 radical (unpaired) electrons. The van der Waals surface area contributed by atoms with Gasteiger partial charge in [-0.05, 0) is 42.5 Å². The number of rotatable bonds is 0. The summed E-state index contributed by atoms with van der Waals surface area (Å²) >= 11 is 0. The molecule has 2 atom stereocenters. The van der Waals surface area contributed by atoms with E-state index in [0.717, 1.165) is 24.8 Å². The van der Waals surface area contributed by atoms with E-state index in [0.29, 0.717) is 5.56 Å². The van der Waals surface area contributed by atoms with E-state index < -0.39 is 6.10 Å². The molecule has 0 fully saturated rings. The predicted molar refractivity (Wildman–Crippen MR) is 55.6 cm³/mol. The van der Waals surface area contributed by atoms with Crippen LogP contribution in [0.15, 0.2) is 12.1 Å². The highest BCUT2D eigenvalue weighted by molar-refractivity contribution is 5.47. The molecule has 0 amide bonds. The van der Waals surface area contributed by atoms with E-state index in [4.69, 9.17) is 5.73 Å². The van der Waals surface area contributed by atoms with Gasteiger partial charge in [0.1, 0.15) is 0 Å². The van der Waals surface area contributed by atoms with Crippen LogP contribution in [0.1, 0.15) is 30.1 Å². The van der Waals surface area contributed by atoms with Crippen molar-refractivity contribution in [1.29, 1.82) is 0 Å². The lowest BCUT2D eigenvalue weighted by atomic mass is 9.98. The van der Waals surface area contributed by atoms with Gasteiger partial charge in [-0.25, -0.2) is 0 Å². The van der Waals surface area contributed by atoms with E-state index >= 15 is 0 Å². The maximum absolute atomic E-state index is 9.91. The molecule has 4 heteroatoms. The molecule has 5 N–H and O–H groups in total. The molecule has 15 heavy (non-hydrogen) atoms. The van der Waals surface area contributed by atoms with E-state index in [-0.39, 0.29) is 17.5 Å². The smallest absolute Gasteiger partial charge is 0.157 e. The maximum atomic E-state index is 9.91. The molecule has 0 bridgehead atoms. The molecule has 1 aromatic rings. The summed E-state index contributed by atoms with van der Waals surface area (Å²) < 4.78 is 0. The first-order chi connectivity index (χ1) is 7.09. The Morgan fingerprint density at radius 1 is 1.20 bits per heavy atom. The average Bonchev–Trinajstić information content (AvgIpc) is 2.32. The molecule has 82 valence electrons. The van der Waals surface area contributed by atoms with Crippen LogP contribution in [-0.4, -0.2) is 21.4 Å². The molecule has 1 aliphatic rings. The molecule has 1 aromatic carbocycles. The van der Waals surface area contributed by atoms with Crippen LogP contribution in [0.25, 0.3) is 0 Å². The van der Waals surface area contributed by atoms with Gasteiger partial charge in [0.05, 0.1) is 6.10 Å². The SMILES string of the molecule is N[C@H]1CCCc2cc(O)c(O)cc2[C@H]1O. The number of aliphatic hydroxyl groups is 1. The number of aromatic hydroxyl groups is 2. The Hall–Kier alpha value is -1.26. The topological polar surface area (TPSA) is 86.7 Å². The minimum absolute atomic E-state index is 0.142. The van der Waals surface area contributed by atoms with Crippen LogP contribution in [0.5, 0.6) is 11.5 Å². The minimum Gasteiger partial charge on any atom is -0.504 e. The first-order valence-corrected chi connectivity index (χ1v) is 5.08. The zero-order valence-corrected chi connectivity index (χ0v) is 8.35. The van der Waals surface area contributed by atoms with E-state index in [1.54, 1.807) is 0 Å². The molecule has 0 spiro atoms. The van der Waals surface area contributed by atoms with Crippen LogP contribution >= 0.6 is 0 Å². The number of fused-ring (bicyclic) bond motifs is 1. The summed E-state index contributed by atoms with van der Waals surface area (Å²) in [6.07, 6.45) is 1.65. The Labute approximate surface area is 88.0 Å². The van der Waals surface area contributed by atoms with Gasteiger partial charge in [0, 0.05) is 6.04 Å². The minimum atomic E-state index is -0.756. The fraction of sp³-hybridized carbons (Fsp3) is 0.455. The van der Waals surface area contributed by atoms with Crippen LogP contribution in [-0.2, 0) is 6.42 Å². The van der Waals surface area contributed by atoms with Gasteiger partial charge in [0.15, 0.2) is 11.5 Å². The van der Waals surface area contributed by atoms with Gasteiger partial charge in [-0.15, -0.1) is 0 Å². The van der Waals surface area contributed by atoms with Crippen LogP contribution < -0.4 is 5.73 Å². The molecule has 1 aliphatic carbocycles. The summed E-state index contributed by atoms with van der Waals surface area (Å²) in [4.78, 5) is 0. The fourth-order valence-electron chi connectivity index (χ4n) is 2.04. The summed E-state index contributed by atoms with van der Waals surface area (Å²) in [7, 11) is 0. The summed E-state index contributed by atoms with van der Waals surface area (Å²) in [6.45, 7) is 0. The predicted octanol–water partition coefficient (Wildman–Crippen LogP) is 0.795. The maximum Gasteiger partial charge on any atom is 0.157 e. The van der Waals surface area contributed by atoms with Crippen molar-refractivity contribution in [3.63, 3.8) is 0 Å². The zero-order chi connectivity index (χ0) is 11.0. The molecule has 0 heterocycles. The van der Waals surface area contributed by atoms with Crippen molar-refractivity contribution in [3.8, 4) is 11.5 Å².